The highest BCUT2D eigenvalue weighted by atomic mass is 16.5. The minimum Gasteiger partial charge on any atom is -0.459 e. The van der Waals surface area contributed by atoms with Gasteiger partial charge in [-0.1, -0.05) is 6.58 Å². The lowest BCUT2D eigenvalue weighted by atomic mass is 10.3. The van der Waals surface area contributed by atoms with Gasteiger partial charge in [-0.15, -0.1) is 0 Å². The van der Waals surface area contributed by atoms with Gasteiger partial charge in [-0.3, -0.25) is 0 Å². The molecule has 70 valence electrons. The van der Waals surface area contributed by atoms with E-state index in [1.165, 1.54) is 13.0 Å². The number of aliphatic hydroxyl groups is 1. The number of allylic oxidation sites excluding steroid dienone is 1. The number of hydrogen-bond donors (Lipinski definition) is 1. The van der Waals surface area contributed by atoms with Crippen LogP contribution in [-0.2, 0) is 9.53 Å². The molecule has 13 heavy (non-hydrogen) atoms. The topological polar surface area (TPSA) is 70.3 Å². The van der Waals surface area contributed by atoms with Gasteiger partial charge in [0, 0.05) is 11.6 Å². The molecule has 0 aliphatic carbocycles. The number of nitrogens with zero attached hydrogens (tertiary/aromatic N) is 1. The molecular formula is C9H11NO3. The molecule has 0 bridgehead atoms. The average Bonchev–Trinajstić information content (AvgIpc) is 2.10. The summed E-state index contributed by atoms with van der Waals surface area (Å²) in [7, 11) is 0. The Hall–Kier alpha value is -1.60. The van der Waals surface area contributed by atoms with Crippen LogP contribution in [0.15, 0.2) is 24.3 Å². The van der Waals surface area contributed by atoms with E-state index >= 15 is 0 Å². The molecule has 0 spiro atoms. The fraction of sp³-hybridized carbons (Fsp3) is 0.333. The number of rotatable bonds is 4. The van der Waals surface area contributed by atoms with Gasteiger partial charge in [-0.05, 0) is 13.0 Å². The molecule has 0 saturated carbocycles. The lowest BCUT2D eigenvalue weighted by Gasteiger charge is -2.06. The molecule has 1 N–H and O–H groups in total. The Labute approximate surface area is 76.7 Å². The highest BCUT2D eigenvalue weighted by molar-refractivity contribution is 5.86. The first-order valence-electron chi connectivity index (χ1n) is 3.65. The van der Waals surface area contributed by atoms with E-state index in [4.69, 9.17) is 10.4 Å². The van der Waals surface area contributed by atoms with Crippen molar-refractivity contribution in [2.24, 2.45) is 0 Å². The summed E-state index contributed by atoms with van der Waals surface area (Å²) in [6.07, 6.45) is 1.42. The summed E-state index contributed by atoms with van der Waals surface area (Å²) in [4.78, 5) is 10.8. The van der Waals surface area contributed by atoms with Gasteiger partial charge in [0.2, 0.25) is 0 Å². The summed E-state index contributed by atoms with van der Waals surface area (Å²) in [5.41, 5.74) is 0.275. The third-order valence-electron chi connectivity index (χ3n) is 1.13. The lowest BCUT2D eigenvalue weighted by Crippen LogP contribution is -2.16. The largest absolute Gasteiger partial charge is 0.459 e. The second kappa shape index (κ2) is 5.98. The lowest BCUT2D eigenvalue weighted by molar-refractivity contribution is -0.141. The Kier molecular flexibility index (Phi) is 5.24. The number of esters is 1. The normalized spacial score (nSPS) is 12.1. The monoisotopic (exact) mass is 181 g/mol. The van der Waals surface area contributed by atoms with E-state index in [0.717, 1.165) is 6.08 Å². The molecule has 0 aromatic carbocycles. The zero-order chi connectivity index (χ0) is 10.3. The standard InChI is InChI=1S/C9H11NO3/c1-7(2)9(12)13-6-8(11)4-3-5-10/h3-4,8,11H,1,6H2,2H3. The first-order valence-corrected chi connectivity index (χ1v) is 3.65. The Morgan fingerprint density at radius 3 is 2.92 bits per heavy atom. The number of ether oxygens (including phenoxy) is 1. The highest BCUT2D eigenvalue weighted by Crippen LogP contribution is 1.94. The maximum Gasteiger partial charge on any atom is 0.333 e. The summed E-state index contributed by atoms with van der Waals surface area (Å²) in [5.74, 6) is -0.551. The Morgan fingerprint density at radius 1 is 1.85 bits per heavy atom. The molecular weight excluding hydrogens is 170 g/mol. The smallest absolute Gasteiger partial charge is 0.333 e. The zero-order valence-electron chi connectivity index (χ0n) is 7.36. The van der Waals surface area contributed by atoms with Crippen LogP contribution in [0, 0.1) is 11.3 Å². The van der Waals surface area contributed by atoms with Crippen molar-refractivity contribution in [2.75, 3.05) is 6.61 Å². The molecule has 0 rings (SSSR count). The van der Waals surface area contributed by atoms with Crippen molar-refractivity contribution in [1.29, 1.82) is 5.26 Å². The van der Waals surface area contributed by atoms with Crippen LogP contribution in [0.25, 0.3) is 0 Å². The van der Waals surface area contributed by atoms with Crippen LogP contribution in [0.1, 0.15) is 6.92 Å². The summed E-state index contributed by atoms with van der Waals surface area (Å²) in [6, 6.07) is 1.71. The molecule has 1 unspecified atom stereocenters. The molecule has 0 aliphatic heterocycles. The predicted octanol–water partition coefficient (Wildman–Crippen LogP) is 0.546. The maximum absolute atomic E-state index is 10.8. The number of aliphatic hydroxyl groups excluding tert-OH is 1. The summed E-state index contributed by atoms with van der Waals surface area (Å²) >= 11 is 0. The second-order valence-corrected chi connectivity index (χ2v) is 2.43. The van der Waals surface area contributed by atoms with Crippen molar-refractivity contribution in [2.45, 2.75) is 13.0 Å². The molecule has 4 heteroatoms. The number of hydrogen-bond acceptors (Lipinski definition) is 4. The van der Waals surface area contributed by atoms with Crippen molar-refractivity contribution in [1.82, 2.24) is 0 Å². The van der Waals surface area contributed by atoms with Gasteiger partial charge in [0.15, 0.2) is 0 Å². The van der Waals surface area contributed by atoms with Crippen LogP contribution in [0.3, 0.4) is 0 Å². The van der Waals surface area contributed by atoms with Crippen LogP contribution in [0.2, 0.25) is 0 Å². The maximum atomic E-state index is 10.8. The minimum atomic E-state index is -0.942. The molecule has 0 fully saturated rings. The Bertz CT molecular complexity index is 263. The van der Waals surface area contributed by atoms with E-state index in [0.29, 0.717) is 0 Å². The van der Waals surface area contributed by atoms with Crippen LogP contribution < -0.4 is 0 Å². The average molecular weight is 181 g/mol. The van der Waals surface area contributed by atoms with Crippen molar-refractivity contribution < 1.29 is 14.6 Å². The van der Waals surface area contributed by atoms with Gasteiger partial charge in [0.25, 0.3) is 0 Å². The number of nitriles is 1. The van der Waals surface area contributed by atoms with E-state index in [2.05, 4.69) is 11.3 Å². The van der Waals surface area contributed by atoms with Crippen molar-refractivity contribution in [3.05, 3.63) is 24.3 Å². The van der Waals surface area contributed by atoms with Crippen LogP contribution in [0.5, 0.6) is 0 Å². The fourth-order valence-corrected chi connectivity index (χ4v) is 0.494. The van der Waals surface area contributed by atoms with E-state index in [-0.39, 0.29) is 12.2 Å². The molecule has 1 atom stereocenters. The second-order valence-electron chi connectivity index (χ2n) is 2.43. The minimum absolute atomic E-state index is 0.163. The van der Waals surface area contributed by atoms with Gasteiger partial charge in [0.05, 0.1) is 6.07 Å². The molecule has 0 aliphatic rings. The first-order chi connectivity index (χ1) is 6.07. The first kappa shape index (κ1) is 11.4. The number of carbonyl (C=O) groups is 1. The zero-order valence-corrected chi connectivity index (χ0v) is 7.36. The van der Waals surface area contributed by atoms with Gasteiger partial charge in [0.1, 0.15) is 12.7 Å². The molecule has 0 aromatic rings. The summed E-state index contributed by atoms with van der Waals surface area (Å²) < 4.78 is 4.61. The van der Waals surface area contributed by atoms with Gasteiger partial charge < -0.3 is 9.84 Å². The SMILES string of the molecule is C=C(C)C(=O)OCC(O)C=CC#N. The molecule has 0 heterocycles. The van der Waals surface area contributed by atoms with Crippen molar-refractivity contribution in [3.8, 4) is 6.07 Å². The van der Waals surface area contributed by atoms with E-state index in [1.54, 1.807) is 6.07 Å². The molecule has 0 amide bonds. The van der Waals surface area contributed by atoms with Gasteiger partial charge in [-0.25, -0.2) is 4.79 Å². The van der Waals surface area contributed by atoms with E-state index in [9.17, 15) is 4.79 Å². The van der Waals surface area contributed by atoms with Crippen LogP contribution in [-0.4, -0.2) is 23.8 Å². The quantitative estimate of drug-likeness (QED) is 0.390. The van der Waals surface area contributed by atoms with Gasteiger partial charge >= 0.3 is 5.97 Å². The molecule has 0 saturated heterocycles. The summed E-state index contributed by atoms with van der Waals surface area (Å²) in [6.45, 7) is 4.72. The van der Waals surface area contributed by atoms with Gasteiger partial charge in [-0.2, -0.15) is 5.26 Å². The Morgan fingerprint density at radius 2 is 2.46 bits per heavy atom. The molecule has 0 radical (unpaired) electrons. The fourth-order valence-electron chi connectivity index (χ4n) is 0.494. The third-order valence-corrected chi connectivity index (χ3v) is 1.13. The molecule has 4 nitrogen and oxygen atoms in total. The van der Waals surface area contributed by atoms with Crippen molar-refractivity contribution in [3.63, 3.8) is 0 Å². The van der Waals surface area contributed by atoms with Crippen molar-refractivity contribution >= 4 is 5.97 Å². The third kappa shape index (κ3) is 5.65. The van der Waals surface area contributed by atoms with Crippen LogP contribution in [0.4, 0.5) is 0 Å². The van der Waals surface area contributed by atoms with E-state index < -0.39 is 12.1 Å². The highest BCUT2D eigenvalue weighted by Gasteiger charge is 2.05. The Balaban J connectivity index is 3.78. The number of carbonyl (C=O) groups excluding carboxylic acids is 1. The molecule has 0 aromatic heterocycles. The van der Waals surface area contributed by atoms with E-state index in [1.807, 2.05) is 0 Å². The predicted molar refractivity (Wildman–Crippen MR) is 46.5 cm³/mol. The van der Waals surface area contributed by atoms with Crippen LogP contribution >= 0.6 is 0 Å². The summed E-state index contributed by atoms with van der Waals surface area (Å²) in [5, 5.41) is 17.2.